The molecule has 0 saturated carbocycles. The van der Waals surface area contributed by atoms with Gasteiger partial charge in [-0.05, 0) is 36.4 Å². The number of thiophene rings is 1. The van der Waals surface area contributed by atoms with Crippen LogP contribution in [0.2, 0.25) is 0 Å². The van der Waals surface area contributed by atoms with Crippen LogP contribution in [0.15, 0.2) is 46.7 Å². The fraction of sp³-hybridized carbons (Fsp3) is 0.400. The van der Waals surface area contributed by atoms with Crippen molar-refractivity contribution in [1.82, 2.24) is 4.90 Å². The van der Waals surface area contributed by atoms with Gasteiger partial charge in [0.05, 0.1) is 24.1 Å². The first-order valence-corrected chi connectivity index (χ1v) is 11.1. The molecule has 8 heteroatoms. The summed E-state index contributed by atoms with van der Waals surface area (Å²) in [6.45, 7) is 2.55. The van der Waals surface area contributed by atoms with Crippen molar-refractivity contribution >= 4 is 40.6 Å². The third-order valence-electron chi connectivity index (χ3n) is 4.34. The Labute approximate surface area is 173 Å². The summed E-state index contributed by atoms with van der Waals surface area (Å²) in [5.41, 5.74) is 5.94. The number of para-hydroxylation sites is 1. The molecule has 3 rings (SSSR count). The lowest BCUT2D eigenvalue weighted by atomic mass is 10.2. The van der Waals surface area contributed by atoms with Gasteiger partial charge in [-0.25, -0.2) is 0 Å². The van der Waals surface area contributed by atoms with Crippen molar-refractivity contribution in [2.45, 2.75) is 30.4 Å². The topological polar surface area (TPSA) is 84.7 Å². The van der Waals surface area contributed by atoms with Gasteiger partial charge in [0.2, 0.25) is 11.8 Å². The largest absolute Gasteiger partial charge is 0.377 e. The zero-order valence-electron chi connectivity index (χ0n) is 15.6. The van der Waals surface area contributed by atoms with Crippen LogP contribution in [0, 0.1) is 0 Å². The van der Waals surface area contributed by atoms with Gasteiger partial charge in [-0.3, -0.25) is 14.5 Å². The van der Waals surface area contributed by atoms with E-state index in [1.54, 1.807) is 11.3 Å². The molecule has 0 bridgehead atoms. The summed E-state index contributed by atoms with van der Waals surface area (Å²) in [6, 6.07) is 11.6. The highest BCUT2D eigenvalue weighted by molar-refractivity contribution is 8.00. The summed E-state index contributed by atoms with van der Waals surface area (Å²) in [4.78, 5) is 28.0. The molecule has 0 radical (unpaired) electrons. The van der Waals surface area contributed by atoms with Crippen molar-refractivity contribution in [3.8, 4) is 0 Å². The smallest absolute Gasteiger partial charge is 0.238 e. The molecule has 6 nitrogen and oxygen atoms in total. The second kappa shape index (κ2) is 10.6. The maximum Gasteiger partial charge on any atom is 0.238 e. The second-order valence-corrected chi connectivity index (χ2v) is 8.73. The molecule has 2 aromatic rings. The molecule has 2 heterocycles. The van der Waals surface area contributed by atoms with Crippen molar-refractivity contribution in [3.63, 3.8) is 0 Å². The van der Waals surface area contributed by atoms with Crippen LogP contribution in [0.25, 0.3) is 0 Å². The van der Waals surface area contributed by atoms with Crippen molar-refractivity contribution in [1.29, 1.82) is 0 Å². The normalized spacial score (nSPS) is 16.4. The monoisotopic (exact) mass is 419 g/mol. The van der Waals surface area contributed by atoms with Gasteiger partial charge in [-0.1, -0.05) is 18.2 Å². The number of nitrogens with zero attached hydrogens (tertiary/aromatic N) is 1. The number of nitrogens with two attached hydrogens (primary N) is 1. The number of benzene rings is 1. The summed E-state index contributed by atoms with van der Waals surface area (Å²) in [6.07, 6.45) is 2.30. The average molecular weight is 420 g/mol. The van der Waals surface area contributed by atoms with Gasteiger partial charge in [0.1, 0.15) is 0 Å². The Balaban J connectivity index is 1.62. The number of hydrogen-bond donors (Lipinski definition) is 2. The molecule has 1 saturated heterocycles. The predicted molar refractivity (Wildman–Crippen MR) is 114 cm³/mol. The lowest BCUT2D eigenvalue weighted by Gasteiger charge is -2.24. The molecular formula is C20H25N3O3S2. The highest BCUT2D eigenvalue weighted by Gasteiger charge is 2.21. The molecule has 1 aliphatic rings. The highest BCUT2D eigenvalue weighted by Crippen LogP contribution is 2.26. The van der Waals surface area contributed by atoms with E-state index in [1.807, 2.05) is 35.7 Å². The molecule has 28 heavy (non-hydrogen) atoms. The Bertz CT molecular complexity index is 777. The fourth-order valence-electron chi connectivity index (χ4n) is 3.12. The molecule has 150 valence electrons. The van der Waals surface area contributed by atoms with Gasteiger partial charge in [0.15, 0.2) is 0 Å². The van der Waals surface area contributed by atoms with Crippen LogP contribution in [0.3, 0.4) is 0 Å². The van der Waals surface area contributed by atoms with Crippen molar-refractivity contribution in [2.75, 3.05) is 30.8 Å². The summed E-state index contributed by atoms with van der Waals surface area (Å²) >= 11 is 3.02. The van der Waals surface area contributed by atoms with Crippen molar-refractivity contribution < 1.29 is 14.3 Å². The molecule has 3 N–H and O–H groups in total. The zero-order valence-corrected chi connectivity index (χ0v) is 17.3. The van der Waals surface area contributed by atoms with Crippen LogP contribution >= 0.6 is 23.1 Å². The number of anilines is 1. The van der Waals surface area contributed by atoms with E-state index < -0.39 is 0 Å². The number of carbonyl (C=O) groups is 2. The standard InChI is InChI=1S/C20H25N3O3S2/c21-19(24)14-28-18-8-2-1-7-17(18)22-20(25)13-23(11-15-5-3-9-26-15)12-16-6-4-10-27-16/h1-2,4,6-8,10,15H,3,5,9,11-14H2,(H2,21,24)(H,22,25)/t15-/m1/s1. The molecular weight excluding hydrogens is 394 g/mol. The van der Waals surface area contributed by atoms with E-state index in [-0.39, 0.29) is 30.2 Å². The van der Waals surface area contributed by atoms with Crippen LogP contribution in [0.4, 0.5) is 5.69 Å². The van der Waals surface area contributed by atoms with Gasteiger partial charge >= 0.3 is 0 Å². The first-order valence-electron chi connectivity index (χ1n) is 9.26. The Morgan fingerprint density at radius 2 is 2.14 bits per heavy atom. The quantitative estimate of drug-likeness (QED) is 0.579. The average Bonchev–Trinajstić information content (AvgIpc) is 3.35. The van der Waals surface area contributed by atoms with E-state index in [9.17, 15) is 9.59 Å². The Kier molecular flexibility index (Phi) is 7.90. The summed E-state index contributed by atoms with van der Waals surface area (Å²) in [5.74, 6) is -0.289. The van der Waals surface area contributed by atoms with E-state index in [2.05, 4.69) is 16.3 Å². The number of nitrogens with one attached hydrogen (secondary N) is 1. The summed E-state index contributed by atoms with van der Waals surface area (Å²) in [7, 11) is 0. The first-order chi connectivity index (χ1) is 13.6. The van der Waals surface area contributed by atoms with E-state index >= 15 is 0 Å². The second-order valence-electron chi connectivity index (χ2n) is 6.68. The maximum absolute atomic E-state index is 12.7. The molecule has 0 aliphatic carbocycles. The van der Waals surface area contributed by atoms with Crippen LogP contribution in [-0.2, 0) is 20.9 Å². The molecule has 1 atom stereocenters. The van der Waals surface area contributed by atoms with E-state index in [0.29, 0.717) is 5.69 Å². The van der Waals surface area contributed by atoms with Gasteiger partial charge in [-0.2, -0.15) is 0 Å². The van der Waals surface area contributed by atoms with Gasteiger partial charge in [0, 0.05) is 29.5 Å². The molecule has 0 unspecified atom stereocenters. The Morgan fingerprint density at radius 1 is 1.29 bits per heavy atom. The Morgan fingerprint density at radius 3 is 2.86 bits per heavy atom. The minimum atomic E-state index is -0.384. The van der Waals surface area contributed by atoms with Crippen LogP contribution in [-0.4, -0.2) is 48.3 Å². The number of amides is 2. The van der Waals surface area contributed by atoms with E-state index in [0.717, 1.165) is 37.4 Å². The van der Waals surface area contributed by atoms with Gasteiger partial charge in [0.25, 0.3) is 0 Å². The van der Waals surface area contributed by atoms with Crippen LogP contribution < -0.4 is 11.1 Å². The maximum atomic E-state index is 12.7. The van der Waals surface area contributed by atoms with Gasteiger partial charge in [-0.15, -0.1) is 23.1 Å². The number of ether oxygens (including phenoxy) is 1. The number of hydrogen-bond acceptors (Lipinski definition) is 6. The van der Waals surface area contributed by atoms with Crippen LogP contribution in [0.1, 0.15) is 17.7 Å². The number of rotatable bonds is 10. The number of primary amides is 1. The molecule has 1 aromatic heterocycles. The minimum absolute atomic E-state index is 0.0818. The molecule has 2 amide bonds. The van der Waals surface area contributed by atoms with E-state index in [4.69, 9.17) is 10.5 Å². The van der Waals surface area contributed by atoms with E-state index in [1.165, 1.54) is 16.6 Å². The molecule has 0 spiro atoms. The molecule has 1 fully saturated rings. The van der Waals surface area contributed by atoms with Gasteiger partial charge < -0.3 is 15.8 Å². The van der Waals surface area contributed by atoms with Crippen LogP contribution in [0.5, 0.6) is 0 Å². The van der Waals surface area contributed by atoms with Crippen molar-refractivity contribution in [3.05, 3.63) is 46.7 Å². The zero-order chi connectivity index (χ0) is 19.8. The first kappa shape index (κ1) is 20.9. The number of thioether (sulfide) groups is 1. The lowest BCUT2D eigenvalue weighted by molar-refractivity contribution is -0.118. The summed E-state index contributed by atoms with van der Waals surface area (Å²) in [5, 5.41) is 5.03. The number of carbonyl (C=O) groups excluding carboxylic acids is 2. The minimum Gasteiger partial charge on any atom is -0.377 e. The SMILES string of the molecule is NC(=O)CSc1ccccc1NC(=O)CN(Cc1cccs1)C[C@H]1CCCO1. The third-order valence-corrected chi connectivity index (χ3v) is 6.30. The summed E-state index contributed by atoms with van der Waals surface area (Å²) < 4.78 is 5.76. The lowest BCUT2D eigenvalue weighted by Crippen LogP contribution is -2.37. The Hall–Kier alpha value is -1.87. The predicted octanol–water partition coefficient (Wildman–Crippen LogP) is 2.95. The molecule has 1 aromatic carbocycles. The molecule has 1 aliphatic heterocycles. The third kappa shape index (κ3) is 6.63. The van der Waals surface area contributed by atoms with Crippen molar-refractivity contribution in [2.24, 2.45) is 5.73 Å². The fourth-order valence-corrected chi connectivity index (χ4v) is 4.62. The highest BCUT2D eigenvalue weighted by atomic mass is 32.2.